The highest BCUT2D eigenvalue weighted by Crippen LogP contribution is 2.34. The standard InChI is InChI=1S/C21H18F4N4O2S/c1-12-26-19(27-20(31)29(12)10-15-6-7-18(32-15)21(23,24)25)28-9-8-16(17(30)11-28)13-2-4-14(22)5-3-13/h2-8,17,30H,9-11H2,1H3. The van der Waals surface area contributed by atoms with Gasteiger partial charge in [0.15, 0.2) is 0 Å². The number of anilines is 1. The summed E-state index contributed by atoms with van der Waals surface area (Å²) < 4.78 is 52.8. The van der Waals surface area contributed by atoms with Crippen LogP contribution in [0.1, 0.15) is 21.1 Å². The number of halogens is 4. The maximum absolute atomic E-state index is 13.1. The number of nitrogens with zero attached hydrogens (tertiary/aromatic N) is 4. The molecule has 0 aliphatic carbocycles. The third-order valence-electron chi connectivity index (χ3n) is 5.08. The van der Waals surface area contributed by atoms with Gasteiger partial charge in [-0.2, -0.15) is 23.1 Å². The van der Waals surface area contributed by atoms with Gasteiger partial charge in [-0.15, -0.1) is 11.3 Å². The molecule has 3 heterocycles. The van der Waals surface area contributed by atoms with Crippen molar-refractivity contribution in [3.63, 3.8) is 0 Å². The maximum Gasteiger partial charge on any atom is 0.425 e. The smallest absolute Gasteiger partial charge is 0.387 e. The van der Waals surface area contributed by atoms with Gasteiger partial charge in [-0.3, -0.25) is 4.57 Å². The molecule has 0 bridgehead atoms. The summed E-state index contributed by atoms with van der Waals surface area (Å²) in [5, 5.41) is 10.5. The minimum atomic E-state index is -4.43. The number of hydrogen-bond donors (Lipinski definition) is 1. The van der Waals surface area contributed by atoms with Crippen molar-refractivity contribution in [1.82, 2.24) is 14.5 Å². The zero-order valence-electron chi connectivity index (χ0n) is 16.8. The van der Waals surface area contributed by atoms with Gasteiger partial charge in [-0.25, -0.2) is 9.18 Å². The molecule has 0 saturated carbocycles. The van der Waals surface area contributed by atoms with E-state index >= 15 is 0 Å². The van der Waals surface area contributed by atoms with E-state index in [0.29, 0.717) is 39.7 Å². The van der Waals surface area contributed by atoms with E-state index < -0.39 is 22.8 Å². The molecule has 4 rings (SSSR count). The molecule has 0 saturated heterocycles. The molecule has 0 fully saturated rings. The average Bonchev–Trinajstić information content (AvgIpc) is 3.21. The fourth-order valence-corrected chi connectivity index (χ4v) is 4.32. The molecular weight excluding hydrogens is 448 g/mol. The summed E-state index contributed by atoms with van der Waals surface area (Å²) in [5.41, 5.74) is 0.696. The minimum absolute atomic E-state index is 0.0665. The SMILES string of the molecule is Cc1nc(N2CC=C(c3ccc(F)cc3)C(O)C2)nc(=O)n1Cc1ccc(C(F)(F)F)s1. The van der Waals surface area contributed by atoms with Crippen molar-refractivity contribution in [1.29, 1.82) is 0 Å². The van der Waals surface area contributed by atoms with Crippen LogP contribution in [0.15, 0.2) is 47.3 Å². The van der Waals surface area contributed by atoms with Crippen LogP contribution < -0.4 is 10.6 Å². The van der Waals surface area contributed by atoms with Crippen LogP contribution in [0, 0.1) is 12.7 Å². The Morgan fingerprint density at radius 2 is 1.88 bits per heavy atom. The monoisotopic (exact) mass is 466 g/mol. The first-order valence-corrected chi connectivity index (χ1v) is 10.4. The molecule has 32 heavy (non-hydrogen) atoms. The topological polar surface area (TPSA) is 71.2 Å². The summed E-state index contributed by atoms with van der Waals surface area (Å²) in [6.07, 6.45) is -3.57. The quantitative estimate of drug-likeness (QED) is 0.597. The summed E-state index contributed by atoms with van der Waals surface area (Å²) in [4.78, 5) is 22.1. The van der Waals surface area contributed by atoms with E-state index in [2.05, 4.69) is 9.97 Å². The van der Waals surface area contributed by atoms with E-state index in [-0.39, 0.29) is 24.9 Å². The molecule has 1 unspecified atom stereocenters. The molecule has 3 aromatic rings. The molecule has 1 aromatic carbocycles. The van der Waals surface area contributed by atoms with E-state index in [1.165, 1.54) is 22.8 Å². The lowest BCUT2D eigenvalue weighted by molar-refractivity contribution is -0.134. The van der Waals surface area contributed by atoms with Crippen molar-refractivity contribution < 1.29 is 22.7 Å². The highest BCUT2D eigenvalue weighted by molar-refractivity contribution is 7.12. The molecule has 0 spiro atoms. The number of aliphatic hydroxyl groups is 1. The van der Waals surface area contributed by atoms with Crippen LogP contribution in [0.4, 0.5) is 23.5 Å². The third-order valence-corrected chi connectivity index (χ3v) is 6.19. The number of aliphatic hydroxyl groups excluding tert-OH is 1. The fourth-order valence-electron chi connectivity index (χ4n) is 3.45. The predicted molar refractivity (Wildman–Crippen MR) is 112 cm³/mol. The molecule has 6 nitrogen and oxygen atoms in total. The van der Waals surface area contributed by atoms with Gasteiger partial charge in [0.1, 0.15) is 16.5 Å². The molecule has 1 N–H and O–H groups in total. The maximum atomic E-state index is 13.1. The van der Waals surface area contributed by atoms with Gasteiger partial charge in [0, 0.05) is 11.4 Å². The van der Waals surface area contributed by atoms with Crippen LogP contribution in [-0.2, 0) is 12.7 Å². The highest BCUT2D eigenvalue weighted by atomic mass is 32.1. The van der Waals surface area contributed by atoms with E-state index in [9.17, 15) is 27.5 Å². The lowest BCUT2D eigenvalue weighted by Gasteiger charge is -2.30. The largest absolute Gasteiger partial charge is 0.425 e. The van der Waals surface area contributed by atoms with Gasteiger partial charge in [0.05, 0.1) is 19.2 Å². The molecule has 0 radical (unpaired) electrons. The highest BCUT2D eigenvalue weighted by Gasteiger charge is 2.32. The first kappa shape index (κ1) is 22.2. The second kappa shape index (κ2) is 8.47. The lowest BCUT2D eigenvalue weighted by atomic mass is 9.97. The number of hydrogen-bond acceptors (Lipinski definition) is 6. The zero-order chi connectivity index (χ0) is 23.0. The number of β-amino-alcohol motifs (C(OH)–C–C–N with tert-alkyl or cyclic N) is 1. The Balaban J connectivity index is 1.54. The first-order valence-electron chi connectivity index (χ1n) is 9.62. The van der Waals surface area contributed by atoms with Crippen LogP contribution in [-0.4, -0.2) is 38.8 Å². The Morgan fingerprint density at radius 3 is 2.47 bits per heavy atom. The Labute approximate surface area is 184 Å². The van der Waals surface area contributed by atoms with Gasteiger partial charge in [-0.05, 0) is 42.3 Å². The molecular formula is C21H18F4N4O2S. The Bertz CT molecular complexity index is 1220. The molecule has 1 aliphatic heterocycles. The summed E-state index contributed by atoms with van der Waals surface area (Å²) in [7, 11) is 0. The van der Waals surface area contributed by atoms with Gasteiger partial charge < -0.3 is 10.0 Å². The molecule has 11 heteroatoms. The van der Waals surface area contributed by atoms with Gasteiger partial charge in [0.25, 0.3) is 0 Å². The molecule has 168 valence electrons. The fraction of sp³-hybridized carbons (Fsp3) is 0.286. The number of thiophene rings is 1. The number of rotatable bonds is 4. The van der Waals surface area contributed by atoms with Crippen molar-refractivity contribution in [2.75, 3.05) is 18.0 Å². The minimum Gasteiger partial charge on any atom is -0.387 e. The van der Waals surface area contributed by atoms with E-state index in [1.807, 2.05) is 0 Å². The van der Waals surface area contributed by atoms with Crippen LogP contribution in [0.3, 0.4) is 0 Å². The van der Waals surface area contributed by atoms with E-state index in [1.54, 1.807) is 30.0 Å². The van der Waals surface area contributed by atoms with Crippen molar-refractivity contribution in [2.45, 2.75) is 25.7 Å². The van der Waals surface area contributed by atoms with Gasteiger partial charge in [0.2, 0.25) is 5.95 Å². The number of alkyl halides is 3. The van der Waals surface area contributed by atoms with Crippen LogP contribution in [0.25, 0.3) is 5.57 Å². The van der Waals surface area contributed by atoms with Crippen LogP contribution in [0.5, 0.6) is 0 Å². The average molecular weight is 466 g/mol. The van der Waals surface area contributed by atoms with Crippen molar-refractivity contribution in [3.8, 4) is 0 Å². The normalized spacial score (nSPS) is 16.9. The summed E-state index contributed by atoms with van der Waals surface area (Å²) in [6.45, 7) is 1.96. The summed E-state index contributed by atoms with van der Waals surface area (Å²) in [5.74, 6) is 0.0482. The van der Waals surface area contributed by atoms with Crippen LogP contribution in [0.2, 0.25) is 0 Å². The zero-order valence-corrected chi connectivity index (χ0v) is 17.6. The number of benzene rings is 1. The molecule has 1 atom stereocenters. The number of aromatic nitrogens is 3. The Morgan fingerprint density at radius 1 is 1.16 bits per heavy atom. The van der Waals surface area contributed by atoms with Crippen molar-refractivity contribution >= 4 is 22.9 Å². The Kier molecular flexibility index (Phi) is 5.87. The molecule has 0 amide bonds. The first-order chi connectivity index (χ1) is 15.1. The van der Waals surface area contributed by atoms with Crippen molar-refractivity contribution in [3.05, 3.63) is 79.9 Å². The number of aryl methyl sites for hydroxylation is 1. The van der Waals surface area contributed by atoms with E-state index in [4.69, 9.17) is 0 Å². The van der Waals surface area contributed by atoms with Crippen molar-refractivity contribution in [2.24, 2.45) is 0 Å². The lowest BCUT2D eigenvalue weighted by Crippen LogP contribution is -2.40. The van der Waals surface area contributed by atoms with E-state index in [0.717, 1.165) is 6.07 Å². The molecule has 1 aliphatic rings. The van der Waals surface area contributed by atoms with Gasteiger partial charge in [-0.1, -0.05) is 18.2 Å². The summed E-state index contributed by atoms with van der Waals surface area (Å²) in [6, 6.07) is 8.10. The second-order valence-electron chi connectivity index (χ2n) is 7.29. The molecule has 2 aromatic heterocycles. The third kappa shape index (κ3) is 4.58. The Hall–Kier alpha value is -3.05. The summed E-state index contributed by atoms with van der Waals surface area (Å²) >= 11 is 0.569. The van der Waals surface area contributed by atoms with Gasteiger partial charge >= 0.3 is 11.9 Å². The predicted octanol–water partition coefficient (Wildman–Crippen LogP) is 3.48. The van der Waals surface area contributed by atoms with Crippen LogP contribution >= 0.6 is 11.3 Å². The second-order valence-corrected chi connectivity index (χ2v) is 8.46.